The van der Waals surface area contributed by atoms with Crippen LogP contribution in [0.25, 0.3) is 0 Å². The molecule has 0 amide bonds. The number of rotatable bonds is 6. The molecule has 1 rings (SSSR count). The van der Waals surface area contributed by atoms with E-state index in [2.05, 4.69) is 20.6 Å². The molecule has 0 spiro atoms. The number of aromatic nitrogens is 2. The van der Waals surface area contributed by atoms with E-state index < -0.39 is 5.60 Å². The topological polar surface area (TPSA) is 90.3 Å². The second-order valence-electron chi connectivity index (χ2n) is 3.88. The number of anilines is 2. The van der Waals surface area contributed by atoms with E-state index in [-0.39, 0.29) is 13.2 Å². The first-order valence-electron chi connectivity index (χ1n) is 5.18. The summed E-state index contributed by atoms with van der Waals surface area (Å²) in [5.74, 6) is 1.32. The average Bonchev–Trinajstić information content (AvgIpc) is 2.36. The Labute approximate surface area is 105 Å². The molecule has 17 heavy (non-hydrogen) atoms. The molecule has 1 heterocycles. The average molecular weight is 258 g/mol. The summed E-state index contributed by atoms with van der Waals surface area (Å²) in [5.41, 5.74) is -1.16. The Morgan fingerprint density at radius 1 is 1.41 bits per heavy atom. The molecule has 0 aliphatic rings. The minimum atomic E-state index is -1.16. The van der Waals surface area contributed by atoms with E-state index in [0.29, 0.717) is 16.8 Å². The monoisotopic (exact) mass is 258 g/mol. The van der Waals surface area contributed by atoms with Crippen molar-refractivity contribution in [2.24, 2.45) is 0 Å². The summed E-state index contributed by atoms with van der Waals surface area (Å²) in [4.78, 5) is 8.47. The van der Waals surface area contributed by atoms with Gasteiger partial charge in [0.05, 0.1) is 6.61 Å². The predicted molar refractivity (Wildman–Crippen MR) is 69.6 cm³/mol. The lowest BCUT2D eigenvalue weighted by Crippen LogP contribution is -2.37. The molecule has 0 radical (unpaired) electrons. The lowest BCUT2D eigenvalue weighted by molar-refractivity contribution is 0.0131. The first-order chi connectivity index (χ1) is 8.00. The fraction of sp³-hybridized carbons (Fsp3) is 0.600. The van der Waals surface area contributed by atoms with Crippen molar-refractivity contribution < 1.29 is 10.2 Å². The zero-order valence-electron chi connectivity index (χ0n) is 10.2. The van der Waals surface area contributed by atoms with Crippen molar-refractivity contribution in [1.82, 2.24) is 9.97 Å². The van der Waals surface area contributed by atoms with Gasteiger partial charge in [-0.15, -0.1) is 0 Å². The van der Waals surface area contributed by atoms with Crippen LogP contribution in [0.4, 0.5) is 11.6 Å². The van der Waals surface area contributed by atoms with Gasteiger partial charge in [0.1, 0.15) is 17.2 Å². The lowest BCUT2D eigenvalue weighted by atomic mass is 10.1. The van der Waals surface area contributed by atoms with E-state index in [1.165, 1.54) is 11.8 Å². The van der Waals surface area contributed by atoms with Crippen molar-refractivity contribution in [2.75, 3.05) is 37.1 Å². The summed E-state index contributed by atoms with van der Waals surface area (Å²) in [7, 11) is 1.78. The van der Waals surface area contributed by atoms with Gasteiger partial charge in [-0.1, -0.05) is 11.8 Å². The molecule has 1 aromatic rings. The quantitative estimate of drug-likeness (QED) is 0.433. The van der Waals surface area contributed by atoms with Gasteiger partial charge in [0.15, 0.2) is 5.16 Å². The van der Waals surface area contributed by atoms with Crippen LogP contribution in [0.5, 0.6) is 0 Å². The second-order valence-corrected chi connectivity index (χ2v) is 4.66. The molecule has 0 bridgehead atoms. The molecule has 96 valence electrons. The zero-order valence-corrected chi connectivity index (χ0v) is 11.0. The Bertz CT molecular complexity index is 351. The molecule has 0 saturated carbocycles. The van der Waals surface area contributed by atoms with E-state index >= 15 is 0 Å². The molecule has 1 aromatic heterocycles. The SMILES string of the molecule is CNc1cc(NCC(C)(O)CO)nc(SC)n1. The van der Waals surface area contributed by atoms with Gasteiger partial charge >= 0.3 is 0 Å². The molecule has 1 unspecified atom stereocenters. The fourth-order valence-electron chi connectivity index (χ4n) is 1.07. The van der Waals surface area contributed by atoms with Gasteiger partial charge in [-0.3, -0.25) is 0 Å². The van der Waals surface area contributed by atoms with Gasteiger partial charge in [0.2, 0.25) is 0 Å². The van der Waals surface area contributed by atoms with Crippen molar-refractivity contribution >= 4 is 23.4 Å². The van der Waals surface area contributed by atoms with E-state index in [9.17, 15) is 5.11 Å². The number of thioether (sulfide) groups is 1. The van der Waals surface area contributed by atoms with Crippen LogP contribution < -0.4 is 10.6 Å². The minimum absolute atomic E-state index is 0.220. The Morgan fingerprint density at radius 3 is 2.59 bits per heavy atom. The van der Waals surface area contributed by atoms with Gasteiger partial charge in [0.25, 0.3) is 0 Å². The maximum absolute atomic E-state index is 9.66. The maximum atomic E-state index is 9.66. The highest BCUT2D eigenvalue weighted by atomic mass is 32.2. The molecule has 0 aromatic carbocycles. The summed E-state index contributed by atoms with van der Waals surface area (Å²) in [6.45, 7) is 1.46. The van der Waals surface area contributed by atoms with Gasteiger partial charge in [0, 0.05) is 19.7 Å². The first kappa shape index (κ1) is 14.0. The highest BCUT2D eigenvalue weighted by Crippen LogP contribution is 2.17. The highest BCUT2D eigenvalue weighted by molar-refractivity contribution is 7.98. The number of nitrogens with zero attached hydrogens (tertiary/aromatic N) is 2. The molecule has 0 aliphatic carbocycles. The normalized spacial score (nSPS) is 14.2. The van der Waals surface area contributed by atoms with Crippen LogP contribution in [0.2, 0.25) is 0 Å². The lowest BCUT2D eigenvalue weighted by Gasteiger charge is -2.21. The summed E-state index contributed by atoms with van der Waals surface area (Å²) in [6.07, 6.45) is 1.89. The van der Waals surface area contributed by atoms with Crippen LogP contribution >= 0.6 is 11.8 Å². The predicted octanol–water partition coefficient (Wildman–Crippen LogP) is 0.395. The Kier molecular flexibility index (Phi) is 4.98. The van der Waals surface area contributed by atoms with Crippen molar-refractivity contribution in [3.63, 3.8) is 0 Å². The van der Waals surface area contributed by atoms with Crippen LogP contribution in [-0.2, 0) is 0 Å². The summed E-state index contributed by atoms with van der Waals surface area (Å²) >= 11 is 1.44. The number of aliphatic hydroxyl groups is 2. The zero-order chi connectivity index (χ0) is 12.9. The van der Waals surface area contributed by atoms with Crippen molar-refractivity contribution in [3.8, 4) is 0 Å². The molecule has 0 aliphatic heterocycles. The summed E-state index contributed by atoms with van der Waals surface area (Å²) < 4.78 is 0. The minimum Gasteiger partial charge on any atom is -0.393 e. The molecule has 1 atom stereocenters. The molecule has 7 heteroatoms. The molecule has 4 N–H and O–H groups in total. The molecule has 6 nitrogen and oxygen atoms in total. The highest BCUT2D eigenvalue weighted by Gasteiger charge is 2.18. The Hall–Kier alpha value is -1.05. The third kappa shape index (κ3) is 4.37. The van der Waals surface area contributed by atoms with E-state index in [1.807, 2.05) is 6.26 Å². The second kappa shape index (κ2) is 6.04. The van der Waals surface area contributed by atoms with Crippen molar-refractivity contribution in [1.29, 1.82) is 0 Å². The number of hydrogen-bond acceptors (Lipinski definition) is 7. The van der Waals surface area contributed by atoms with E-state index in [1.54, 1.807) is 20.0 Å². The first-order valence-corrected chi connectivity index (χ1v) is 6.41. The van der Waals surface area contributed by atoms with Crippen LogP contribution in [-0.4, -0.2) is 52.2 Å². The smallest absolute Gasteiger partial charge is 0.191 e. The summed E-state index contributed by atoms with van der Waals surface area (Å²) in [6, 6.07) is 1.74. The number of hydrogen-bond donors (Lipinski definition) is 4. The molecular weight excluding hydrogens is 240 g/mol. The Morgan fingerprint density at radius 2 is 2.06 bits per heavy atom. The van der Waals surface area contributed by atoms with Crippen LogP contribution in [0.15, 0.2) is 11.2 Å². The van der Waals surface area contributed by atoms with Gasteiger partial charge in [-0.25, -0.2) is 9.97 Å². The van der Waals surface area contributed by atoms with Gasteiger partial charge in [-0.2, -0.15) is 0 Å². The van der Waals surface area contributed by atoms with E-state index in [0.717, 1.165) is 0 Å². The van der Waals surface area contributed by atoms with Gasteiger partial charge in [-0.05, 0) is 13.2 Å². The standard InChI is InChI=1S/C10H18N4O2S/c1-10(16,6-15)5-12-8-4-7(11-2)13-9(14-8)17-3/h4,15-16H,5-6H2,1-3H3,(H2,11,12,13,14). The van der Waals surface area contributed by atoms with Crippen molar-refractivity contribution in [3.05, 3.63) is 6.07 Å². The molecule has 0 saturated heterocycles. The van der Waals surface area contributed by atoms with Crippen LogP contribution in [0.1, 0.15) is 6.92 Å². The summed E-state index contributed by atoms with van der Waals surface area (Å²) in [5, 5.41) is 25.1. The largest absolute Gasteiger partial charge is 0.393 e. The molecular formula is C10H18N4O2S. The maximum Gasteiger partial charge on any atom is 0.191 e. The fourth-order valence-corrected chi connectivity index (χ4v) is 1.45. The number of nitrogens with one attached hydrogen (secondary N) is 2. The van der Waals surface area contributed by atoms with E-state index in [4.69, 9.17) is 5.11 Å². The Balaban J connectivity index is 2.76. The third-order valence-corrected chi connectivity index (χ3v) is 2.68. The third-order valence-electron chi connectivity index (χ3n) is 2.14. The molecule has 0 fully saturated rings. The van der Waals surface area contributed by atoms with Crippen molar-refractivity contribution in [2.45, 2.75) is 17.7 Å². The number of aliphatic hydroxyl groups excluding tert-OH is 1. The van der Waals surface area contributed by atoms with Crippen LogP contribution in [0, 0.1) is 0 Å². The van der Waals surface area contributed by atoms with Crippen LogP contribution in [0.3, 0.4) is 0 Å². The van der Waals surface area contributed by atoms with Gasteiger partial charge < -0.3 is 20.8 Å².